The van der Waals surface area contributed by atoms with Gasteiger partial charge in [0.1, 0.15) is 11.6 Å². The second-order valence-electron chi connectivity index (χ2n) is 7.43. The van der Waals surface area contributed by atoms with Crippen molar-refractivity contribution < 1.29 is 22.0 Å². The molecule has 166 valence electrons. The minimum Gasteiger partial charge on any atom is -0.369 e. The van der Waals surface area contributed by atoms with Gasteiger partial charge in [-0.1, -0.05) is 18.2 Å². The first-order chi connectivity index (χ1) is 15.3. The number of amides is 1. The Morgan fingerprint density at radius 2 is 1.62 bits per heavy atom. The van der Waals surface area contributed by atoms with Crippen LogP contribution in [-0.4, -0.2) is 27.4 Å². The summed E-state index contributed by atoms with van der Waals surface area (Å²) in [6, 6.07) is 15.2. The Labute approximate surface area is 184 Å². The Morgan fingerprint density at radius 1 is 0.875 bits per heavy atom. The van der Waals surface area contributed by atoms with Crippen molar-refractivity contribution in [3.63, 3.8) is 0 Å². The van der Waals surface area contributed by atoms with Crippen LogP contribution in [0.25, 0.3) is 0 Å². The molecule has 0 spiro atoms. The lowest BCUT2D eigenvalue weighted by Gasteiger charge is -2.19. The molecule has 1 aliphatic heterocycles. The van der Waals surface area contributed by atoms with Gasteiger partial charge in [-0.25, -0.2) is 17.2 Å². The molecule has 3 aromatic rings. The Balaban J connectivity index is 1.51. The van der Waals surface area contributed by atoms with Crippen molar-refractivity contribution in [3.05, 3.63) is 83.9 Å². The lowest BCUT2D eigenvalue weighted by atomic mass is 10.2. The average Bonchev–Trinajstić information content (AvgIpc) is 3.30. The molecule has 4 rings (SSSR count). The second-order valence-corrected chi connectivity index (χ2v) is 9.11. The quantitative estimate of drug-likeness (QED) is 0.566. The molecular formula is C23H21F2N3O3S. The number of halogens is 2. The lowest BCUT2D eigenvalue weighted by molar-refractivity contribution is 0.102. The first-order valence-electron chi connectivity index (χ1n) is 10.1. The summed E-state index contributed by atoms with van der Waals surface area (Å²) in [6.07, 6.45) is 2.03. The van der Waals surface area contributed by atoms with E-state index in [2.05, 4.69) is 10.0 Å². The molecule has 9 heteroatoms. The second kappa shape index (κ2) is 8.96. The van der Waals surface area contributed by atoms with Gasteiger partial charge in [-0.05, 0) is 61.4 Å². The number of nitrogens with zero attached hydrogens (tertiary/aromatic N) is 1. The van der Waals surface area contributed by atoms with E-state index in [0.29, 0.717) is 5.69 Å². The highest BCUT2D eigenvalue weighted by Gasteiger charge is 2.19. The highest BCUT2D eigenvalue weighted by atomic mass is 32.2. The van der Waals surface area contributed by atoms with Crippen molar-refractivity contribution >= 4 is 33.0 Å². The summed E-state index contributed by atoms with van der Waals surface area (Å²) in [5, 5.41) is 2.58. The van der Waals surface area contributed by atoms with Crippen LogP contribution in [0.5, 0.6) is 0 Å². The maximum Gasteiger partial charge on any atom is 0.262 e. The highest BCUT2D eigenvalue weighted by Crippen LogP contribution is 2.26. The predicted octanol–water partition coefficient (Wildman–Crippen LogP) is 4.62. The normalized spacial score (nSPS) is 13.8. The molecule has 2 N–H and O–H groups in total. The third kappa shape index (κ3) is 4.72. The molecule has 3 aromatic carbocycles. The molecule has 0 bridgehead atoms. The van der Waals surface area contributed by atoms with E-state index in [0.717, 1.165) is 32.0 Å². The molecule has 0 saturated carbocycles. The van der Waals surface area contributed by atoms with E-state index in [9.17, 15) is 22.0 Å². The van der Waals surface area contributed by atoms with Crippen LogP contribution in [0.3, 0.4) is 0 Å². The maximum absolute atomic E-state index is 14.5. The van der Waals surface area contributed by atoms with Crippen molar-refractivity contribution in [3.8, 4) is 0 Å². The maximum atomic E-state index is 14.5. The fourth-order valence-electron chi connectivity index (χ4n) is 3.55. The monoisotopic (exact) mass is 457 g/mol. The lowest BCUT2D eigenvalue weighted by Crippen LogP contribution is -2.19. The molecule has 32 heavy (non-hydrogen) atoms. The predicted molar refractivity (Wildman–Crippen MR) is 119 cm³/mol. The number of para-hydroxylation sites is 1. The summed E-state index contributed by atoms with van der Waals surface area (Å²) in [5.74, 6) is -1.75. The van der Waals surface area contributed by atoms with Crippen molar-refractivity contribution in [1.29, 1.82) is 0 Å². The van der Waals surface area contributed by atoms with E-state index in [4.69, 9.17) is 0 Å². The van der Waals surface area contributed by atoms with Gasteiger partial charge in [-0.2, -0.15) is 0 Å². The van der Waals surface area contributed by atoms with Crippen LogP contribution in [0, 0.1) is 11.6 Å². The third-order valence-electron chi connectivity index (χ3n) is 5.18. The summed E-state index contributed by atoms with van der Waals surface area (Å²) in [4.78, 5) is 14.4. The first-order valence-corrected chi connectivity index (χ1v) is 11.5. The summed E-state index contributed by atoms with van der Waals surface area (Å²) in [7, 11) is -4.12. The number of anilines is 3. The standard InChI is InChI=1S/C23H21F2N3O3S/c24-19-8-1-2-9-21(19)27-32(30,31)18-7-5-6-16(14-18)23(29)26-17-10-11-22(20(25)15-17)28-12-3-4-13-28/h1-2,5-11,14-15,27H,3-4,12-13H2,(H,26,29). The van der Waals surface area contributed by atoms with Crippen LogP contribution >= 0.6 is 0 Å². The fraction of sp³-hybridized carbons (Fsp3) is 0.174. The molecular weight excluding hydrogens is 436 g/mol. The van der Waals surface area contributed by atoms with Crippen LogP contribution in [0.4, 0.5) is 25.8 Å². The van der Waals surface area contributed by atoms with E-state index >= 15 is 0 Å². The zero-order valence-corrected chi connectivity index (χ0v) is 17.8. The van der Waals surface area contributed by atoms with Crippen molar-refractivity contribution in [2.75, 3.05) is 28.0 Å². The van der Waals surface area contributed by atoms with Crippen LogP contribution in [-0.2, 0) is 10.0 Å². The van der Waals surface area contributed by atoms with Gasteiger partial charge in [-0.15, -0.1) is 0 Å². The molecule has 1 fully saturated rings. The molecule has 1 aliphatic rings. The van der Waals surface area contributed by atoms with Crippen molar-refractivity contribution in [2.24, 2.45) is 0 Å². The van der Waals surface area contributed by atoms with Crippen LogP contribution in [0.2, 0.25) is 0 Å². The van der Waals surface area contributed by atoms with Crippen LogP contribution in [0.1, 0.15) is 23.2 Å². The number of carbonyl (C=O) groups is 1. The summed E-state index contributed by atoms with van der Waals surface area (Å²) < 4.78 is 55.8. The number of hydrogen-bond donors (Lipinski definition) is 2. The van der Waals surface area contributed by atoms with Gasteiger partial charge in [0.2, 0.25) is 0 Å². The van der Waals surface area contributed by atoms with Crippen molar-refractivity contribution in [2.45, 2.75) is 17.7 Å². The minimum absolute atomic E-state index is 0.0606. The number of sulfonamides is 1. The molecule has 0 aliphatic carbocycles. The topological polar surface area (TPSA) is 78.5 Å². The van der Waals surface area contributed by atoms with Gasteiger partial charge in [0, 0.05) is 24.3 Å². The molecule has 0 unspecified atom stereocenters. The molecule has 1 amide bonds. The highest BCUT2D eigenvalue weighted by molar-refractivity contribution is 7.92. The first kappa shape index (κ1) is 21.8. The number of benzene rings is 3. The number of hydrogen-bond acceptors (Lipinski definition) is 4. The Hall–Kier alpha value is -3.46. The largest absolute Gasteiger partial charge is 0.369 e. The van der Waals surface area contributed by atoms with Gasteiger partial charge in [0.15, 0.2) is 0 Å². The Kier molecular flexibility index (Phi) is 6.09. The van der Waals surface area contributed by atoms with Crippen LogP contribution in [0.15, 0.2) is 71.6 Å². The SMILES string of the molecule is O=C(Nc1ccc(N2CCCC2)c(F)c1)c1cccc(S(=O)(=O)Nc2ccccc2F)c1. The molecule has 0 aromatic heterocycles. The number of rotatable bonds is 6. The van der Waals surface area contributed by atoms with Gasteiger partial charge >= 0.3 is 0 Å². The van der Waals surface area contributed by atoms with E-state index in [1.54, 1.807) is 12.1 Å². The molecule has 6 nitrogen and oxygen atoms in total. The summed E-state index contributed by atoms with van der Waals surface area (Å²) in [5.41, 5.74) is 0.613. The fourth-order valence-corrected chi connectivity index (χ4v) is 4.67. The van der Waals surface area contributed by atoms with Gasteiger partial charge in [0.25, 0.3) is 15.9 Å². The molecule has 1 saturated heterocycles. The van der Waals surface area contributed by atoms with E-state index < -0.39 is 27.6 Å². The smallest absolute Gasteiger partial charge is 0.262 e. The third-order valence-corrected chi connectivity index (χ3v) is 6.54. The van der Waals surface area contributed by atoms with Gasteiger partial charge in [0.05, 0.1) is 16.3 Å². The van der Waals surface area contributed by atoms with E-state index in [1.165, 1.54) is 48.5 Å². The minimum atomic E-state index is -4.12. The number of nitrogens with one attached hydrogen (secondary N) is 2. The zero-order chi connectivity index (χ0) is 22.7. The molecule has 1 heterocycles. The van der Waals surface area contributed by atoms with Gasteiger partial charge in [-0.3, -0.25) is 9.52 Å². The van der Waals surface area contributed by atoms with E-state index in [-0.39, 0.29) is 21.8 Å². The van der Waals surface area contributed by atoms with E-state index in [1.807, 2.05) is 4.90 Å². The van der Waals surface area contributed by atoms with Crippen molar-refractivity contribution in [1.82, 2.24) is 0 Å². The summed E-state index contributed by atoms with van der Waals surface area (Å²) in [6.45, 7) is 1.59. The Bertz CT molecular complexity index is 1260. The molecule has 0 radical (unpaired) electrons. The van der Waals surface area contributed by atoms with Gasteiger partial charge < -0.3 is 10.2 Å². The molecule has 0 atom stereocenters. The summed E-state index contributed by atoms with van der Waals surface area (Å²) >= 11 is 0. The average molecular weight is 458 g/mol. The Morgan fingerprint density at radius 3 is 2.34 bits per heavy atom. The zero-order valence-electron chi connectivity index (χ0n) is 17.0. The number of carbonyl (C=O) groups excluding carboxylic acids is 1. The van der Waals surface area contributed by atoms with Crippen LogP contribution < -0.4 is 14.9 Å².